The first-order chi connectivity index (χ1) is 25.7. The van der Waals surface area contributed by atoms with Gasteiger partial charge < -0.3 is 0 Å². The van der Waals surface area contributed by atoms with Gasteiger partial charge in [0, 0.05) is 89.9 Å². The zero-order valence-electron chi connectivity index (χ0n) is 27.4. The standard InChI is InChI=1S/C46H24N2S4/c1-2-32-34-19-26(8-14-44(34)52-46(32)48-16-1)28-5-11-41-36(21-28)38-23-30(7-13-43(38)50-41)29-6-12-42-37(22-29)35-20-27(4-10-40(35)49-42)25-3-9-39-33(18-25)31-15-17-47-24-45(31)51-39/h1-24H. The smallest absolute Gasteiger partial charge is 0.124 e. The van der Waals surface area contributed by atoms with E-state index in [0.717, 1.165) is 4.83 Å². The van der Waals surface area contributed by atoms with Crippen LogP contribution in [0.25, 0.3) is 114 Å². The molecule has 242 valence electrons. The molecule has 0 aliphatic carbocycles. The molecule has 2 nitrogen and oxygen atoms in total. The second-order valence-corrected chi connectivity index (χ2v) is 17.7. The lowest BCUT2D eigenvalue weighted by Crippen LogP contribution is -1.80. The van der Waals surface area contributed by atoms with Gasteiger partial charge in [-0.05, 0) is 124 Å². The Hall–Kier alpha value is -5.50. The molecular weight excluding hydrogens is 709 g/mol. The molecule has 52 heavy (non-hydrogen) atoms. The van der Waals surface area contributed by atoms with E-state index >= 15 is 0 Å². The molecule has 0 saturated heterocycles. The number of pyridine rings is 2. The highest BCUT2D eigenvalue weighted by Gasteiger charge is 2.14. The number of benzene rings is 6. The summed E-state index contributed by atoms with van der Waals surface area (Å²) in [5.74, 6) is 0. The maximum absolute atomic E-state index is 4.60. The van der Waals surface area contributed by atoms with Gasteiger partial charge in [-0.1, -0.05) is 36.4 Å². The summed E-state index contributed by atoms with van der Waals surface area (Å²) >= 11 is 7.32. The number of fused-ring (bicyclic) bond motifs is 12. The van der Waals surface area contributed by atoms with Crippen LogP contribution in [0, 0.1) is 0 Å². The molecule has 6 heteroatoms. The van der Waals surface area contributed by atoms with Gasteiger partial charge in [-0.25, -0.2) is 4.98 Å². The number of aromatic nitrogens is 2. The van der Waals surface area contributed by atoms with E-state index in [1.165, 1.54) is 109 Å². The molecule has 0 saturated carbocycles. The van der Waals surface area contributed by atoms with Crippen LogP contribution in [0.1, 0.15) is 0 Å². The number of nitrogens with zero attached hydrogens (tertiary/aromatic N) is 2. The molecule has 6 heterocycles. The molecule has 12 rings (SSSR count). The molecule has 0 N–H and O–H groups in total. The third-order valence-electron chi connectivity index (χ3n) is 10.5. The molecule has 0 bridgehead atoms. The van der Waals surface area contributed by atoms with Crippen LogP contribution in [-0.4, -0.2) is 9.97 Å². The van der Waals surface area contributed by atoms with Crippen LogP contribution in [0.4, 0.5) is 0 Å². The Labute approximate surface area is 313 Å². The lowest BCUT2D eigenvalue weighted by atomic mass is 9.98. The molecule has 0 fully saturated rings. The summed E-state index contributed by atoms with van der Waals surface area (Å²) in [7, 11) is 0. The summed E-state index contributed by atoms with van der Waals surface area (Å²) in [5, 5.41) is 10.4. The van der Waals surface area contributed by atoms with E-state index in [0.29, 0.717) is 0 Å². The lowest BCUT2D eigenvalue weighted by Gasteiger charge is -2.06. The maximum atomic E-state index is 4.60. The maximum Gasteiger partial charge on any atom is 0.124 e. The summed E-state index contributed by atoms with van der Waals surface area (Å²) < 4.78 is 9.09. The van der Waals surface area contributed by atoms with Gasteiger partial charge >= 0.3 is 0 Å². The zero-order chi connectivity index (χ0) is 33.9. The molecule has 0 aliphatic rings. The van der Waals surface area contributed by atoms with Crippen molar-refractivity contribution in [2.24, 2.45) is 0 Å². The predicted molar refractivity (Wildman–Crippen MR) is 230 cm³/mol. The van der Waals surface area contributed by atoms with Crippen LogP contribution in [0.2, 0.25) is 0 Å². The first kappa shape index (κ1) is 29.1. The molecule has 6 aromatic heterocycles. The minimum Gasteiger partial charge on any atom is -0.263 e. The van der Waals surface area contributed by atoms with Crippen molar-refractivity contribution in [3.8, 4) is 33.4 Å². The molecule has 6 aromatic carbocycles. The van der Waals surface area contributed by atoms with Crippen LogP contribution in [0.3, 0.4) is 0 Å². The Morgan fingerprint density at radius 2 is 0.692 bits per heavy atom. The number of thiophene rings is 4. The van der Waals surface area contributed by atoms with E-state index in [1.54, 1.807) is 11.3 Å². The van der Waals surface area contributed by atoms with Crippen molar-refractivity contribution < 1.29 is 0 Å². The van der Waals surface area contributed by atoms with Gasteiger partial charge in [0.2, 0.25) is 0 Å². The quantitative estimate of drug-likeness (QED) is 0.181. The van der Waals surface area contributed by atoms with Crippen molar-refractivity contribution in [3.63, 3.8) is 0 Å². The largest absolute Gasteiger partial charge is 0.263 e. The third-order valence-corrected chi connectivity index (χ3v) is 15.0. The van der Waals surface area contributed by atoms with Crippen LogP contribution in [-0.2, 0) is 0 Å². The highest BCUT2D eigenvalue weighted by molar-refractivity contribution is 7.27. The van der Waals surface area contributed by atoms with Crippen molar-refractivity contribution >= 4 is 126 Å². The molecule has 0 radical (unpaired) electrons. The number of rotatable bonds is 3. The van der Waals surface area contributed by atoms with Gasteiger partial charge in [0.15, 0.2) is 0 Å². The first-order valence-corrected chi connectivity index (χ1v) is 20.4. The predicted octanol–water partition coefficient (Wildman–Crippen LogP) is 14.9. The SMILES string of the molecule is c1cnc2sc3ccc(-c4ccc5sc6ccc(-c7ccc8sc9ccc(-c%10ccc%11sc%12cnccc%12c%11c%10)cc9c8c7)cc6c5c4)cc3c2c1. The van der Waals surface area contributed by atoms with Crippen molar-refractivity contribution in [2.45, 2.75) is 0 Å². The molecule has 12 aromatic rings. The Bertz CT molecular complexity index is 3200. The fourth-order valence-corrected chi connectivity index (χ4v) is 12.1. The van der Waals surface area contributed by atoms with Gasteiger partial charge in [-0.15, -0.1) is 45.3 Å². The zero-order valence-corrected chi connectivity index (χ0v) is 30.6. The van der Waals surface area contributed by atoms with Crippen molar-refractivity contribution in [2.75, 3.05) is 0 Å². The van der Waals surface area contributed by atoms with Gasteiger partial charge in [-0.2, -0.15) is 0 Å². The van der Waals surface area contributed by atoms with E-state index in [1.807, 2.05) is 58.7 Å². The van der Waals surface area contributed by atoms with Crippen LogP contribution >= 0.6 is 45.3 Å². The number of hydrogen-bond acceptors (Lipinski definition) is 6. The fraction of sp³-hybridized carbons (Fsp3) is 0. The van der Waals surface area contributed by atoms with E-state index in [2.05, 4.69) is 131 Å². The average molecular weight is 733 g/mol. The lowest BCUT2D eigenvalue weighted by molar-refractivity contribution is 1.37. The Kier molecular flexibility index (Phi) is 6.16. The monoisotopic (exact) mass is 732 g/mol. The summed E-state index contributed by atoms with van der Waals surface area (Å²) in [6.07, 6.45) is 5.75. The van der Waals surface area contributed by atoms with E-state index in [4.69, 9.17) is 0 Å². The van der Waals surface area contributed by atoms with Crippen molar-refractivity contribution in [3.05, 3.63) is 146 Å². The van der Waals surface area contributed by atoms with Crippen molar-refractivity contribution in [1.29, 1.82) is 0 Å². The highest BCUT2D eigenvalue weighted by atomic mass is 32.1. The first-order valence-electron chi connectivity index (χ1n) is 17.2. The second-order valence-electron chi connectivity index (χ2n) is 13.4. The molecule has 0 unspecified atom stereocenters. The van der Waals surface area contributed by atoms with Gasteiger partial charge in [0.25, 0.3) is 0 Å². The summed E-state index contributed by atoms with van der Waals surface area (Å²) in [6, 6.07) is 48.0. The summed E-state index contributed by atoms with van der Waals surface area (Å²) in [6.45, 7) is 0. The van der Waals surface area contributed by atoms with Crippen LogP contribution < -0.4 is 0 Å². The minimum atomic E-state index is 1.10. The Morgan fingerprint density at radius 3 is 1.15 bits per heavy atom. The molecule has 0 aliphatic heterocycles. The third kappa shape index (κ3) is 4.39. The average Bonchev–Trinajstić information content (AvgIpc) is 3.96. The summed E-state index contributed by atoms with van der Waals surface area (Å²) in [4.78, 5) is 10.0. The van der Waals surface area contributed by atoms with E-state index in [9.17, 15) is 0 Å². The summed E-state index contributed by atoms with van der Waals surface area (Å²) in [5.41, 5.74) is 7.47. The fourth-order valence-electron chi connectivity index (χ4n) is 7.87. The van der Waals surface area contributed by atoms with Crippen LogP contribution in [0.15, 0.2) is 146 Å². The topological polar surface area (TPSA) is 25.8 Å². The van der Waals surface area contributed by atoms with Gasteiger partial charge in [-0.3, -0.25) is 4.98 Å². The molecule has 0 atom stereocenters. The molecular formula is C46H24N2S4. The number of hydrogen-bond donors (Lipinski definition) is 0. The Morgan fingerprint density at radius 1 is 0.308 bits per heavy atom. The van der Waals surface area contributed by atoms with Crippen molar-refractivity contribution in [1.82, 2.24) is 9.97 Å². The Balaban J connectivity index is 0.957. The van der Waals surface area contributed by atoms with Gasteiger partial charge in [0.1, 0.15) is 4.83 Å². The molecule has 0 spiro atoms. The van der Waals surface area contributed by atoms with Gasteiger partial charge in [0.05, 0.1) is 4.70 Å². The molecule has 0 amide bonds. The second kappa shape index (κ2) is 11.0. The van der Waals surface area contributed by atoms with E-state index < -0.39 is 0 Å². The van der Waals surface area contributed by atoms with Crippen LogP contribution in [0.5, 0.6) is 0 Å². The van der Waals surface area contributed by atoms with E-state index in [-0.39, 0.29) is 0 Å². The normalized spacial score (nSPS) is 12.2. The highest BCUT2D eigenvalue weighted by Crippen LogP contribution is 2.43. The minimum absolute atomic E-state index is 1.10.